The van der Waals surface area contributed by atoms with E-state index in [4.69, 9.17) is 14.2 Å². The van der Waals surface area contributed by atoms with Gasteiger partial charge in [-0.25, -0.2) is 0 Å². The van der Waals surface area contributed by atoms with Gasteiger partial charge in [-0.3, -0.25) is 14.4 Å². The number of fused-ring (bicyclic) bond motifs is 1. The molecule has 0 radical (unpaired) electrons. The molecule has 0 amide bonds. The number of hydrogen-bond acceptors (Lipinski definition) is 6. The van der Waals surface area contributed by atoms with Crippen LogP contribution in [0.5, 0.6) is 0 Å². The second kappa shape index (κ2) is 13.8. The molecule has 0 heterocycles. The molecule has 0 N–H and O–H groups in total. The molecule has 0 spiro atoms. The highest BCUT2D eigenvalue weighted by Gasteiger charge is 2.51. The van der Waals surface area contributed by atoms with Crippen LogP contribution in [0.25, 0.3) is 0 Å². The summed E-state index contributed by atoms with van der Waals surface area (Å²) in [6.45, 7) is 17.4. The van der Waals surface area contributed by atoms with Crippen LogP contribution in [0.4, 0.5) is 0 Å². The van der Waals surface area contributed by atoms with Gasteiger partial charge in [-0.05, 0) is 67.9 Å². The summed E-state index contributed by atoms with van der Waals surface area (Å²) in [5.41, 5.74) is 3.02. The summed E-state index contributed by atoms with van der Waals surface area (Å²) in [6.07, 6.45) is 12.6. The summed E-state index contributed by atoms with van der Waals surface area (Å²) < 4.78 is 16.8. The number of carbonyl (C=O) groups excluding carboxylic acids is 3. The first kappa shape index (κ1) is 30.6. The van der Waals surface area contributed by atoms with Gasteiger partial charge in [-0.2, -0.15) is 0 Å². The van der Waals surface area contributed by atoms with Crippen molar-refractivity contribution in [3.63, 3.8) is 0 Å². The first-order chi connectivity index (χ1) is 17.3. The van der Waals surface area contributed by atoms with Crippen LogP contribution in [-0.2, 0) is 28.6 Å². The highest BCUT2D eigenvalue weighted by atomic mass is 16.5. The SMILES string of the molecule is C=C1CC/C=C(\C)CC(OC(C)=O)/C=C(COC(C)=O)/C=C\[C@@H]2[C@@H](C(C)C)[C@H](OC(C)=O)C[C@@]2(C)CC1. The molecule has 37 heavy (non-hydrogen) atoms. The van der Waals surface area contributed by atoms with Crippen LogP contribution in [0.1, 0.15) is 87.0 Å². The first-order valence-electron chi connectivity index (χ1n) is 13.5. The van der Waals surface area contributed by atoms with Crippen molar-refractivity contribution in [3.8, 4) is 0 Å². The van der Waals surface area contributed by atoms with Crippen LogP contribution in [0.15, 0.2) is 47.6 Å². The van der Waals surface area contributed by atoms with Gasteiger partial charge in [0.2, 0.25) is 0 Å². The molecule has 6 nitrogen and oxygen atoms in total. The van der Waals surface area contributed by atoms with Gasteiger partial charge in [-0.1, -0.05) is 56.7 Å². The maximum absolute atomic E-state index is 12.0. The van der Waals surface area contributed by atoms with E-state index in [1.807, 2.05) is 19.1 Å². The van der Waals surface area contributed by atoms with Gasteiger partial charge in [0.15, 0.2) is 0 Å². The molecule has 6 heteroatoms. The second-order valence-corrected chi connectivity index (χ2v) is 11.4. The van der Waals surface area contributed by atoms with Gasteiger partial charge >= 0.3 is 17.9 Å². The normalized spacial score (nSPS) is 33.0. The topological polar surface area (TPSA) is 78.9 Å². The highest BCUT2D eigenvalue weighted by Crippen LogP contribution is 2.54. The molecule has 5 atom stereocenters. The molecule has 1 fully saturated rings. The Balaban J connectivity index is 2.58. The van der Waals surface area contributed by atoms with E-state index in [9.17, 15) is 14.4 Å². The van der Waals surface area contributed by atoms with E-state index in [0.29, 0.717) is 12.3 Å². The van der Waals surface area contributed by atoms with Gasteiger partial charge in [0, 0.05) is 33.1 Å². The minimum absolute atomic E-state index is 0.0896. The second-order valence-electron chi connectivity index (χ2n) is 11.4. The molecule has 1 unspecified atom stereocenters. The average Bonchev–Trinajstić information content (AvgIpc) is 3.03. The molecule has 1 saturated carbocycles. The molecule has 2 rings (SSSR count). The zero-order valence-electron chi connectivity index (χ0n) is 23.8. The summed E-state index contributed by atoms with van der Waals surface area (Å²) in [6, 6.07) is 0. The van der Waals surface area contributed by atoms with Crippen molar-refractivity contribution in [2.45, 2.75) is 99.2 Å². The Morgan fingerprint density at radius 3 is 2.35 bits per heavy atom. The third kappa shape index (κ3) is 9.64. The van der Waals surface area contributed by atoms with Gasteiger partial charge < -0.3 is 14.2 Å². The van der Waals surface area contributed by atoms with E-state index in [2.05, 4.69) is 39.5 Å². The molecule has 206 valence electrons. The number of hydrogen-bond donors (Lipinski definition) is 0. The van der Waals surface area contributed by atoms with Gasteiger partial charge in [-0.15, -0.1) is 0 Å². The molecular weight excluding hydrogens is 468 g/mol. The molecule has 0 saturated heterocycles. The van der Waals surface area contributed by atoms with Crippen LogP contribution >= 0.6 is 0 Å². The Hall–Kier alpha value is -2.63. The van der Waals surface area contributed by atoms with Crippen LogP contribution in [0.2, 0.25) is 0 Å². The van der Waals surface area contributed by atoms with Crippen molar-refractivity contribution in [3.05, 3.63) is 47.6 Å². The Labute approximate surface area is 223 Å². The molecule has 0 bridgehead atoms. The zero-order valence-corrected chi connectivity index (χ0v) is 23.8. The monoisotopic (exact) mass is 514 g/mol. The smallest absolute Gasteiger partial charge is 0.303 e. The van der Waals surface area contributed by atoms with Gasteiger partial charge in [0.05, 0.1) is 0 Å². The molecule has 0 aromatic carbocycles. The minimum atomic E-state index is -0.470. The fourth-order valence-corrected chi connectivity index (χ4v) is 5.90. The predicted octanol–water partition coefficient (Wildman–Crippen LogP) is 6.66. The lowest BCUT2D eigenvalue weighted by molar-refractivity contribution is -0.149. The quantitative estimate of drug-likeness (QED) is 0.232. The van der Waals surface area contributed by atoms with E-state index >= 15 is 0 Å². The van der Waals surface area contributed by atoms with E-state index in [1.165, 1.54) is 26.3 Å². The van der Waals surface area contributed by atoms with Crippen LogP contribution in [-0.4, -0.2) is 36.7 Å². The lowest BCUT2D eigenvalue weighted by Gasteiger charge is -2.34. The summed E-state index contributed by atoms with van der Waals surface area (Å²) in [5.74, 6) is -0.392. The third-order valence-electron chi connectivity index (χ3n) is 7.64. The zero-order chi connectivity index (χ0) is 27.8. The third-order valence-corrected chi connectivity index (χ3v) is 7.64. The van der Waals surface area contributed by atoms with Crippen molar-refractivity contribution in [1.29, 1.82) is 0 Å². The van der Waals surface area contributed by atoms with Crippen molar-refractivity contribution in [2.75, 3.05) is 6.61 Å². The summed E-state index contributed by atoms with van der Waals surface area (Å²) >= 11 is 0. The molecule has 0 aromatic heterocycles. The fraction of sp³-hybridized carbons (Fsp3) is 0.645. The van der Waals surface area contributed by atoms with E-state index in [-0.39, 0.29) is 47.9 Å². The standard InChI is InChI=1S/C31H46O6/c1-20(2)30-28-13-12-26(19-35-23(5)32)17-27(36-24(6)33)16-22(4)11-9-10-21(3)14-15-31(28,8)18-29(30)37-25(7)34/h11-13,17,20,27-30H,3,9-10,14-16,18-19H2,1-2,4-8H3/b13-12-,22-11+,26-17-/t27?,28-,29-,30-,31-/m1/s1. The molecule has 0 aliphatic heterocycles. The van der Waals surface area contributed by atoms with Crippen LogP contribution < -0.4 is 0 Å². The first-order valence-corrected chi connectivity index (χ1v) is 13.5. The molecular formula is C31H46O6. The highest BCUT2D eigenvalue weighted by molar-refractivity contribution is 5.67. The number of carbonyl (C=O) groups is 3. The van der Waals surface area contributed by atoms with Crippen molar-refractivity contribution < 1.29 is 28.6 Å². The van der Waals surface area contributed by atoms with Gasteiger partial charge in [0.25, 0.3) is 0 Å². The number of rotatable bonds is 5. The molecule has 0 aromatic rings. The minimum Gasteiger partial charge on any atom is -0.462 e. The Bertz CT molecular complexity index is 939. The maximum atomic E-state index is 12.0. The number of esters is 3. The largest absolute Gasteiger partial charge is 0.462 e. The van der Waals surface area contributed by atoms with Gasteiger partial charge in [0.1, 0.15) is 18.8 Å². The lowest BCUT2D eigenvalue weighted by atomic mass is 9.71. The molecule has 2 aliphatic carbocycles. The Kier molecular flexibility index (Phi) is 11.4. The predicted molar refractivity (Wildman–Crippen MR) is 145 cm³/mol. The summed E-state index contributed by atoms with van der Waals surface area (Å²) in [5, 5.41) is 0. The maximum Gasteiger partial charge on any atom is 0.303 e. The number of ether oxygens (including phenoxy) is 3. The average molecular weight is 515 g/mol. The van der Waals surface area contributed by atoms with E-state index in [0.717, 1.165) is 43.3 Å². The van der Waals surface area contributed by atoms with E-state index < -0.39 is 6.10 Å². The Morgan fingerprint density at radius 1 is 1.08 bits per heavy atom. The van der Waals surface area contributed by atoms with E-state index in [1.54, 1.807) is 0 Å². The Morgan fingerprint density at radius 2 is 1.76 bits per heavy atom. The van der Waals surface area contributed by atoms with Crippen LogP contribution in [0.3, 0.4) is 0 Å². The van der Waals surface area contributed by atoms with Crippen LogP contribution in [0, 0.1) is 23.2 Å². The fourth-order valence-electron chi connectivity index (χ4n) is 5.90. The van der Waals surface area contributed by atoms with Crippen molar-refractivity contribution >= 4 is 17.9 Å². The van der Waals surface area contributed by atoms with Crippen molar-refractivity contribution in [1.82, 2.24) is 0 Å². The summed E-state index contributed by atoms with van der Waals surface area (Å²) in [4.78, 5) is 35.5. The van der Waals surface area contributed by atoms with Crippen molar-refractivity contribution in [2.24, 2.45) is 23.2 Å². The molecule has 2 aliphatic rings. The lowest BCUT2D eigenvalue weighted by Crippen LogP contribution is -2.29. The number of allylic oxidation sites excluding steroid dienone is 3. The summed E-state index contributed by atoms with van der Waals surface area (Å²) in [7, 11) is 0.